The Kier molecular flexibility index (Phi) is 4.94. The van der Waals surface area contributed by atoms with Gasteiger partial charge in [0.1, 0.15) is 0 Å². The van der Waals surface area contributed by atoms with Crippen molar-refractivity contribution in [3.05, 3.63) is 42.0 Å². The minimum absolute atomic E-state index is 0.122. The molecule has 4 heteroatoms. The van der Waals surface area contributed by atoms with E-state index in [1.165, 1.54) is 7.11 Å². The molecule has 0 bridgehead atoms. The number of hydrogen-bond donors (Lipinski definition) is 1. The minimum Gasteiger partial charge on any atom is -0.481 e. The molecule has 1 N–H and O–H groups in total. The van der Waals surface area contributed by atoms with E-state index in [4.69, 9.17) is 5.11 Å². The maximum absolute atomic E-state index is 11.2. The van der Waals surface area contributed by atoms with Gasteiger partial charge in [-0.2, -0.15) is 0 Å². The molecular formula is C13H14O4. The first-order valence-corrected chi connectivity index (χ1v) is 5.17. The van der Waals surface area contributed by atoms with Gasteiger partial charge >= 0.3 is 11.9 Å². The van der Waals surface area contributed by atoms with E-state index in [1.807, 2.05) is 30.3 Å². The predicted octanol–water partition coefficient (Wildman–Crippen LogP) is 1.96. The van der Waals surface area contributed by atoms with Gasteiger partial charge in [0.25, 0.3) is 0 Å². The van der Waals surface area contributed by atoms with Crippen molar-refractivity contribution in [1.82, 2.24) is 0 Å². The first-order chi connectivity index (χ1) is 8.15. The van der Waals surface area contributed by atoms with Crippen molar-refractivity contribution in [3.63, 3.8) is 0 Å². The van der Waals surface area contributed by atoms with Crippen molar-refractivity contribution in [2.24, 2.45) is 5.92 Å². The Balaban J connectivity index is 2.61. The molecule has 0 fully saturated rings. The number of carboxylic acid groups (broad SMARTS) is 1. The van der Waals surface area contributed by atoms with Crippen LogP contribution < -0.4 is 0 Å². The van der Waals surface area contributed by atoms with Crippen LogP contribution in [0.4, 0.5) is 0 Å². The second-order valence-corrected chi connectivity index (χ2v) is 3.46. The molecule has 0 amide bonds. The van der Waals surface area contributed by atoms with Gasteiger partial charge in [0.05, 0.1) is 7.11 Å². The topological polar surface area (TPSA) is 63.6 Å². The lowest BCUT2D eigenvalue weighted by atomic mass is 10.1. The van der Waals surface area contributed by atoms with E-state index in [0.717, 1.165) is 5.56 Å². The van der Waals surface area contributed by atoms with E-state index in [-0.39, 0.29) is 6.42 Å². The summed E-state index contributed by atoms with van der Waals surface area (Å²) in [4.78, 5) is 22.0. The summed E-state index contributed by atoms with van der Waals surface area (Å²) in [6, 6.07) is 9.45. The SMILES string of the molecule is COC(=O)C(CC=Cc1ccccc1)C(=O)O. The van der Waals surface area contributed by atoms with Crippen LogP contribution in [0.5, 0.6) is 0 Å². The lowest BCUT2D eigenvalue weighted by molar-refractivity contribution is -0.156. The number of ether oxygens (including phenoxy) is 1. The highest BCUT2D eigenvalue weighted by atomic mass is 16.5. The van der Waals surface area contributed by atoms with Gasteiger partial charge in [-0.05, 0) is 12.0 Å². The van der Waals surface area contributed by atoms with Crippen molar-refractivity contribution in [1.29, 1.82) is 0 Å². The Morgan fingerprint density at radius 3 is 2.53 bits per heavy atom. The molecule has 0 aliphatic rings. The molecule has 0 radical (unpaired) electrons. The van der Waals surface area contributed by atoms with Crippen molar-refractivity contribution >= 4 is 18.0 Å². The van der Waals surface area contributed by atoms with E-state index in [1.54, 1.807) is 12.2 Å². The lowest BCUT2D eigenvalue weighted by Crippen LogP contribution is -2.24. The van der Waals surface area contributed by atoms with E-state index in [0.29, 0.717) is 0 Å². The number of hydrogen-bond acceptors (Lipinski definition) is 3. The molecule has 0 heterocycles. The molecule has 1 rings (SSSR count). The Bertz CT molecular complexity index is 409. The molecule has 1 atom stereocenters. The number of methoxy groups -OCH3 is 1. The predicted molar refractivity (Wildman–Crippen MR) is 63.2 cm³/mol. The number of benzene rings is 1. The number of carbonyl (C=O) groups excluding carboxylic acids is 1. The highest BCUT2D eigenvalue weighted by molar-refractivity contribution is 5.94. The first kappa shape index (κ1) is 13.0. The monoisotopic (exact) mass is 234 g/mol. The number of carboxylic acids is 1. The van der Waals surface area contributed by atoms with Crippen molar-refractivity contribution in [2.45, 2.75) is 6.42 Å². The van der Waals surface area contributed by atoms with E-state index in [9.17, 15) is 9.59 Å². The van der Waals surface area contributed by atoms with Crippen molar-refractivity contribution < 1.29 is 19.4 Å². The molecular weight excluding hydrogens is 220 g/mol. The van der Waals surface area contributed by atoms with Crippen LogP contribution in [-0.2, 0) is 14.3 Å². The van der Waals surface area contributed by atoms with Gasteiger partial charge in [0.15, 0.2) is 5.92 Å². The Labute approximate surface area is 99.5 Å². The zero-order valence-corrected chi connectivity index (χ0v) is 9.50. The summed E-state index contributed by atoms with van der Waals surface area (Å²) < 4.78 is 4.42. The molecule has 1 aromatic carbocycles. The molecule has 0 aliphatic carbocycles. The molecule has 0 aliphatic heterocycles. The quantitative estimate of drug-likeness (QED) is 0.625. The highest BCUT2D eigenvalue weighted by Gasteiger charge is 2.25. The highest BCUT2D eigenvalue weighted by Crippen LogP contribution is 2.09. The zero-order valence-electron chi connectivity index (χ0n) is 9.50. The van der Waals surface area contributed by atoms with E-state index >= 15 is 0 Å². The Morgan fingerprint density at radius 1 is 1.35 bits per heavy atom. The van der Waals surface area contributed by atoms with Crippen molar-refractivity contribution in [3.8, 4) is 0 Å². The number of aliphatic carboxylic acids is 1. The third kappa shape index (κ3) is 4.10. The second kappa shape index (κ2) is 6.48. The van der Waals surface area contributed by atoms with Crippen LogP contribution in [0.1, 0.15) is 12.0 Å². The standard InChI is InChI=1S/C13H14O4/c1-17-13(16)11(12(14)15)9-5-8-10-6-3-2-4-7-10/h2-8,11H,9H2,1H3,(H,14,15). The largest absolute Gasteiger partial charge is 0.481 e. The fourth-order valence-corrected chi connectivity index (χ4v) is 1.34. The Hall–Kier alpha value is -2.10. The third-order valence-electron chi connectivity index (χ3n) is 2.27. The summed E-state index contributed by atoms with van der Waals surface area (Å²) >= 11 is 0. The average Bonchev–Trinajstić information content (AvgIpc) is 2.34. The molecule has 4 nitrogen and oxygen atoms in total. The molecule has 90 valence electrons. The Morgan fingerprint density at radius 2 is 2.00 bits per heavy atom. The summed E-state index contributed by atoms with van der Waals surface area (Å²) in [7, 11) is 1.18. The fraction of sp³-hybridized carbons (Fsp3) is 0.231. The molecule has 0 saturated carbocycles. The maximum Gasteiger partial charge on any atom is 0.320 e. The summed E-state index contributed by atoms with van der Waals surface area (Å²) in [5, 5.41) is 8.84. The number of allylic oxidation sites excluding steroid dienone is 1. The van der Waals surface area contributed by atoms with Crippen LogP contribution in [-0.4, -0.2) is 24.2 Å². The van der Waals surface area contributed by atoms with Crippen molar-refractivity contribution in [2.75, 3.05) is 7.11 Å². The minimum atomic E-state index is -1.17. The fourth-order valence-electron chi connectivity index (χ4n) is 1.34. The number of rotatable bonds is 5. The van der Waals surface area contributed by atoms with Gasteiger partial charge in [-0.15, -0.1) is 0 Å². The summed E-state index contributed by atoms with van der Waals surface area (Å²) in [6.07, 6.45) is 3.56. The first-order valence-electron chi connectivity index (χ1n) is 5.17. The van der Waals surface area contributed by atoms with Crippen LogP contribution in [0.25, 0.3) is 6.08 Å². The summed E-state index contributed by atoms with van der Waals surface area (Å²) in [6.45, 7) is 0. The van der Waals surface area contributed by atoms with Crippen LogP contribution in [0.3, 0.4) is 0 Å². The average molecular weight is 234 g/mol. The number of esters is 1. The van der Waals surface area contributed by atoms with Gasteiger partial charge in [0.2, 0.25) is 0 Å². The lowest BCUT2D eigenvalue weighted by Gasteiger charge is -2.06. The van der Waals surface area contributed by atoms with Gasteiger partial charge in [0, 0.05) is 0 Å². The van der Waals surface area contributed by atoms with E-state index in [2.05, 4.69) is 4.74 Å². The maximum atomic E-state index is 11.2. The molecule has 17 heavy (non-hydrogen) atoms. The summed E-state index contributed by atoms with van der Waals surface area (Å²) in [5.41, 5.74) is 0.960. The van der Waals surface area contributed by atoms with Gasteiger partial charge in [-0.25, -0.2) is 0 Å². The second-order valence-electron chi connectivity index (χ2n) is 3.46. The summed E-state index contributed by atoms with van der Waals surface area (Å²) in [5.74, 6) is -3.04. The molecule has 1 unspecified atom stereocenters. The van der Waals surface area contributed by atoms with E-state index < -0.39 is 17.9 Å². The van der Waals surface area contributed by atoms with Gasteiger partial charge < -0.3 is 9.84 Å². The van der Waals surface area contributed by atoms with Gasteiger partial charge in [-0.3, -0.25) is 9.59 Å². The number of carbonyl (C=O) groups is 2. The van der Waals surface area contributed by atoms with Crippen LogP contribution >= 0.6 is 0 Å². The molecule has 1 aromatic rings. The molecule has 0 saturated heterocycles. The van der Waals surface area contributed by atoms with Gasteiger partial charge in [-0.1, -0.05) is 42.5 Å². The molecule has 0 aromatic heterocycles. The molecule has 0 spiro atoms. The smallest absolute Gasteiger partial charge is 0.320 e. The normalized spacial score (nSPS) is 12.3. The third-order valence-corrected chi connectivity index (χ3v) is 2.27. The van der Waals surface area contributed by atoms with Crippen LogP contribution in [0, 0.1) is 5.92 Å². The van der Waals surface area contributed by atoms with Crippen LogP contribution in [0.2, 0.25) is 0 Å². The zero-order chi connectivity index (χ0) is 12.7. The van der Waals surface area contributed by atoms with Crippen LogP contribution in [0.15, 0.2) is 36.4 Å².